The smallest absolute Gasteiger partial charge is 0.462 e. The van der Waals surface area contributed by atoms with Gasteiger partial charge in [0.05, 0.1) is 19.8 Å². The summed E-state index contributed by atoms with van der Waals surface area (Å²) < 4.78 is 32.8. The van der Waals surface area contributed by atoms with Gasteiger partial charge in [0.2, 0.25) is 0 Å². The molecule has 0 spiro atoms. The first-order valence-corrected chi connectivity index (χ1v) is 25.0. The van der Waals surface area contributed by atoms with Crippen molar-refractivity contribution in [3.8, 4) is 0 Å². The van der Waals surface area contributed by atoms with Crippen molar-refractivity contribution in [2.24, 2.45) is 0 Å². The van der Waals surface area contributed by atoms with Crippen LogP contribution >= 0.6 is 7.82 Å². The Bertz CT molecular complexity index is 1280. The highest BCUT2D eigenvalue weighted by Gasteiger charge is 2.27. The third kappa shape index (κ3) is 45.0. The number of carbonyl (C=O) groups is 2. The molecule has 0 aliphatic carbocycles. The van der Waals surface area contributed by atoms with Gasteiger partial charge in [-0.3, -0.25) is 18.6 Å². The first-order chi connectivity index (χ1) is 29.7. The number of phosphoric ester groups is 1. The average Bonchev–Trinajstić information content (AvgIpc) is 3.25. The van der Waals surface area contributed by atoms with Crippen LogP contribution in [0.15, 0.2) is 85.1 Å². The molecule has 350 valence electrons. The molecule has 0 aliphatic rings. The number of phosphoric acid groups is 1. The Morgan fingerprint density at radius 1 is 0.508 bits per heavy atom. The second-order valence-electron chi connectivity index (χ2n) is 15.4. The van der Waals surface area contributed by atoms with Gasteiger partial charge in [-0.2, -0.15) is 0 Å². The van der Waals surface area contributed by atoms with E-state index in [1.807, 2.05) is 0 Å². The molecule has 61 heavy (non-hydrogen) atoms. The second kappa shape index (κ2) is 45.2. The van der Waals surface area contributed by atoms with E-state index in [1.165, 1.54) is 25.7 Å². The lowest BCUT2D eigenvalue weighted by atomic mass is 10.1. The molecule has 0 aromatic heterocycles. The fraction of sp³-hybridized carbons (Fsp3) is 0.680. The van der Waals surface area contributed by atoms with Crippen LogP contribution in [0.25, 0.3) is 0 Å². The van der Waals surface area contributed by atoms with Gasteiger partial charge in [-0.05, 0) is 89.9 Å². The number of esters is 2. The summed E-state index contributed by atoms with van der Waals surface area (Å²) in [5.41, 5.74) is 0. The van der Waals surface area contributed by atoms with Crippen molar-refractivity contribution in [3.63, 3.8) is 0 Å². The molecular formula is C50H85O10P. The third-order valence-electron chi connectivity index (χ3n) is 9.53. The molecule has 10 nitrogen and oxygen atoms in total. The van der Waals surface area contributed by atoms with Crippen LogP contribution in [0, 0.1) is 0 Å². The molecule has 0 bridgehead atoms. The van der Waals surface area contributed by atoms with Gasteiger partial charge in [-0.1, -0.05) is 163 Å². The standard InChI is InChI=1S/C50H85O10P/c1-3-5-7-9-11-13-15-17-19-21-23-25-27-29-31-33-35-37-39-41-49(53)57-45-48(46-59-61(55,56)58-44-47(52)43-51)60-50(54)42-40-38-36-34-32-30-28-26-24-22-20-18-16-14-12-10-8-6-4-2/h6,8,11-14,17-20,23-26,47-48,51-52H,3-5,7,9-10,15-16,21-22,27-46H2,1-2H3,(H,55,56)/b8-6-,13-11-,14-12-,19-17-,20-18-,25-23-,26-24-. The highest BCUT2D eigenvalue weighted by molar-refractivity contribution is 7.47. The molecule has 0 rings (SSSR count). The summed E-state index contributed by atoms with van der Waals surface area (Å²) in [6.07, 6.45) is 53.9. The maximum atomic E-state index is 12.7. The summed E-state index contributed by atoms with van der Waals surface area (Å²) in [6.45, 7) is 2.20. The van der Waals surface area contributed by atoms with Crippen LogP contribution in [0.2, 0.25) is 0 Å². The van der Waals surface area contributed by atoms with Crippen LogP contribution in [-0.2, 0) is 32.7 Å². The molecule has 3 atom stereocenters. The van der Waals surface area contributed by atoms with Gasteiger partial charge in [-0.15, -0.1) is 0 Å². The molecule has 0 saturated heterocycles. The summed E-state index contributed by atoms with van der Waals surface area (Å²) in [5, 5.41) is 18.4. The van der Waals surface area contributed by atoms with Crippen molar-refractivity contribution in [2.45, 2.75) is 193 Å². The van der Waals surface area contributed by atoms with Crippen LogP contribution in [0.1, 0.15) is 181 Å². The van der Waals surface area contributed by atoms with Crippen molar-refractivity contribution in [1.29, 1.82) is 0 Å². The largest absolute Gasteiger partial charge is 0.472 e. The molecule has 0 saturated carbocycles. The molecule has 3 unspecified atom stereocenters. The van der Waals surface area contributed by atoms with Crippen molar-refractivity contribution < 1.29 is 47.8 Å². The molecule has 0 aromatic carbocycles. The number of hydrogen-bond donors (Lipinski definition) is 3. The number of hydrogen-bond acceptors (Lipinski definition) is 9. The van der Waals surface area contributed by atoms with Gasteiger partial charge in [0.25, 0.3) is 0 Å². The Morgan fingerprint density at radius 3 is 1.36 bits per heavy atom. The summed E-state index contributed by atoms with van der Waals surface area (Å²) in [7, 11) is -4.63. The maximum Gasteiger partial charge on any atom is 0.472 e. The van der Waals surface area contributed by atoms with Crippen molar-refractivity contribution in [1.82, 2.24) is 0 Å². The van der Waals surface area contributed by atoms with E-state index in [-0.39, 0.29) is 19.4 Å². The van der Waals surface area contributed by atoms with E-state index in [0.717, 1.165) is 116 Å². The van der Waals surface area contributed by atoms with Gasteiger partial charge in [0.1, 0.15) is 12.7 Å². The minimum absolute atomic E-state index is 0.160. The molecule has 0 amide bonds. The molecule has 0 heterocycles. The lowest BCUT2D eigenvalue weighted by Crippen LogP contribution is -2.29. The van der Waals surface area contributed by atoms with E-state index in [0.29, 0.717) is 12.8 Å². The number of rotatable bonds is 43. The number of unbranched alkanes of at least 4 members (excludes halogenated alkanes) is 15. The fourth-order valence-corrected chi connectivity index (χ4v) is 6.72. The van der Waals surface area contributed by atoms with Crippen LogP contribution in [0.4, 0.5) is 0 Å². The van der Waals surface area contributed by atoms with Gasteiger partial charge >= 0.3 is 19.8 Å². The SMILES string of the molecule is CC/C=C\C/C=C\C/C=C\C/C=C\CCCCCCCCC(=O)OC(COC(=O)CCCCCCCC/C=C\C/C=C\C/C=C\CCCCC)COP(=O)(O)OCC(O)CO. The lowest BCUT2D eigenvalue weighted by molar-refractivity contribution is -0.161. The highest BCUT2D eigenvalue weighted by Crippen LogP contribution is 2.43. The average molecular weight is 877 g/mol. The molecule has 0 radical (unpaired) electrons. The number of ether oxygens (including phenoxy) is 2. The summed E-state index contributed by atoms with van der Waals surface area (Å²) in [5.74, 6) is -0.961. The minimum atomic E-state index is -4.63. The molecule has 0 fully saturated rings. The first kappa shape index (κ1) is 58.1. The molecule has 0 aliphatic heterocycles. The summed E-state index contributed by atoms with van der Waals surface area (Å²) >= 11 is 0. The maximum absolute atomic E-state index is 12.7. The Morgan fingerprint density at radius 2 is 0.902 bits per heavy atom. The van der Waals surface area contributed by atoms with E-state index in [9.17, 15) is 24.2 Å². The fourth-order valence-electron chi connectivity index (χ4n) is 5.93. The van der Waals surface area contributed by atoms with E-state index in [1.54, 1.807) is 0 Å². The monoisotopic (exact) mass is 877 g/mol. The number of aliphatic hydroxyl groups is 2. The predicted molar refractivity (Wildman–Crippen MR) is 251 cm³/mol. The normalized spacial score (nSPS) is 14.5. The van der Waals surface area contributed by atoms with E-state index in [4.69, 9.17) is 23.6 Å². The van der Waals surface area contributed by atoms with Gasteiger partial charge in [0, 0.05) is 12.8 Å². The highest BCUT2D eigenvalue weighted by atomic mass is 31.2. The zero-order chi connectivity index (χ0) is 44.8. The van der Waals surface area contributed by atoms with E-state index < -0.39 is 51.8 Å². The summed E-state index contributed by atoms with van der Waals surface area (Å²) in [6, 6.07) is 0. The second-order valence-corrected chi connectivity index (χ2v) is 16.8. The third-order valence-corrected chi connectivity index (χ3v) is 10.5. The zero-order valence-electron chi connectivity index (χ0n) is 38.1. The first-order valence-electron chi connectivity index (χ1n) is 23.5. The molecule has 3 N–H and O–H groups in total. The van der Waals surface area contributed by atoms with E-state index in [2.05, 4.69) is 98.9 Å². The van der Waals surface area contributed by atoms with Gasteiger partial charge in [-0.25, -0.2) is 4.57 Å². The molecule has 11 heteroatoms. The Hall–Kier alpha value is -2.85. The number of aliphatic hydroxyl groups excluding tert-OH is 2. The minimum Gasteiger partial charge on any atom is -0.462 e. The molecular weight excluding hydrogens is 792 g/mol. The Kier molecular flexibility index (Phi) is 43.1. The van der Waals surface area contributed by atoms with Crippen molar-refractivity contribution >= 4 is 19.8 Å². The summed E-state index contributed by atoms with van der Waals surface area (Å²) in [4.78, 5) is 35.1. The van der Waals surface area contributed by atoms with Crippen LogP contribution < -0.4 is 0 Å². The quantitative estimate of drug-likeness (QED) is 0.0234. The van der Waals surface area contributed by atoms with Crippen LogP contribution in [0.3, 0.4) is 0 Å². The van der Waals surface area contributed by atoms with Crippen molar-refractivity contribution in [2.75, 3.05) is 26.4 Å². The lowest BCUT2D eigenvalue weighted by Gasteiger charge is -2.20. The van der Waals surface area contributed by atoms with Gasteiger partial charge in [0.15, 0.2) is 6.10 Å². The van der Waals surface area contributed by atoms with Gasteiger partial charge < -0.3 is 24.6 Å². The zero-order valence-corrected chi connectivity index (χ0v) is 39.0. The Balaban J connectivity index is 4.32. The molecule has 0 aromatic rings. The predicted octanol–water partition coefficient (Wildman–Crippen LogP) is 13.0. The number of allylic oxidation sites excluding steroid dienone is 14. The van der Waals surface area contributed by atoms with Crippen LogP contribution in [0.5, 0.6) is 0 Å². The van der Waals surface area contributed by atoms with Crippen molar-refractivity contribution in [3.05, 3.63) is 85.1 Å². The number of carbonyl (C=O) groups excluding carboxylic acids is 2. The van der Waals surface area contributed by atoms with Crippen LogP contribution in [-0.4, -0.2) is 65.7 Å². The topological polar surface area (TPSA) is 149 Å². The van der Waals surface area contributed by atoms with E-state index >= 15 is 0 Å². The Labute approximate surface area is 371 Å².